The predicted molar refractivity (Wildman–Crippen MR) is 126 cm³/mol. The van der Waals surface area contributed by atoms with Gasteiger partial charge in [-0.15, -0.1) is 11.3 Å². The summed E-state index contributed by atoms with van der Waals surface area (Å²) in [6, 6.07) is 9.93. The second-order valence-electron chi connectivity index (χ2n) is 7.61. The van der Waals surface area contributed by atoms with Crippen molar-refractivity contribution in [1.29, 1.82) is 0 Å². The number of benzene rings is 1. The fourth-order valence-electron chi connectivity index (χ4n) is 3.62. The molecule has 152 valence electrons. The van der Waals surface area contributed by atoms with Crippen molar-refractivity contribution in [3.8, 4) is 0 Å². The van der Waals surface area contributed by atoms with Crippen LogP contribution < -0.4 is 5.32 Å². The van der Waals surface area contributed by atoms with E-state index in [0.717, 1.165) is 44.5 Å². The molecule has 0 amide bonds. The molecular formula is C22H26N4OS2. The van der Waals surface area contributed by atoms with E-state index in [4.69, 9.17) is 10.1 Å². The quantitative estimate of drug-likeness (QED) is 0.441. The van der Waals surface area contributed by atoms with Gasteiger partial charge in [-0.3, -0.25) is 8.89 Å². The van der Waals surface area contributed by atoms with Crippen molar-refractivity contribution in [2.45, 2.75) is 45.2 Å². The van der Waals surface area contributed by atoms with Crippen LogP contribution in [0.25, 0.3) is 20.4 Å². The molecule has 4 rings (SSSR count). The SMILES string of the molecule is C=S(C)(=O)c1ccc(CNc2nn(CCC)c3c2sc2nc(C)cc(C)c23)cc1. The van der Waals surface area contributed by atoms with Crippen LogP contribution in [0.1, 0.15) is 30.2 Å². The van der Waals surface area contributed by atoms with Gasteiger partial charge in [0.15, 0.2) is 5.82 Å². The Morgan fingerprint density at radius 3 is 2.62 bits per heavy atom. The van der Waals surface area contributed by atoms with Gasteiger partial charge in [0, 0.05) is 35.3 Å². The summed E-state index contributed by atoms with van der Waals surface area (Å²) >= 11 is 1.70. The highest BCUT2D eigenvalue weighted by Crippen LogP contribution is 2.39. The summed E-state index contributed by atoms with van der Waals surface area (Å²) in [5.74, 6) is 4.64. The van der Waals surface area contributed by atoms with Crippen molar-refractivity contribution in [2.75, 3.05) is 11.6 Å². The third kappa shape index (κ3) is 3.76. The predicted octanol–water partition coefficient (Wildman–Crippen LogP) is 4.99. The van der Waals surface area contributed by atoms with E-state index in [1.807, 2.05) is 31.2 Å². The van der Waals surface area contributed by atoms with Crippen LogP contribution in [0.5, 0.6) is 0 Å². The van der Waals surface area contributed by atoms with Crippen LogP contribution in [0.15, 0.2) is 35.2 Å². The molecular weight excluding hydrogens is 400 g/mol. The average molecular weight is 427 g/mol. The van der Waals surface area contributed by atoms with Gasteiger partial charge >= 0.3 is 0 Å². The number of hydrogen-bond donors (Lipinski definition) is 1. The van der Waals surface area contributed by atoms with Gasteiger partial charge in [0.25, 0.3) is 0 Å². The van der Waals surface area contributed by atoms with Gasteiger partial charge in [0.05, 0.1) is 10.2 Å². The highest BCUT2D eigenvalue weighted by Gasteiger charge is 2.19. The third-order valence-corrected chi connectivity index (χ3v) is 7.32. The monoisotopic (exact) mass is 426 g/mol. The number of pyridine rings is 1. The summed E-state index contributed by atoms with van der Waals surface area (Å²) in [5.41, 5.74) is 4.58. The van der Waals surface area contributed by atoms with Crippen LogP contribution in [-0.4, -0.2) is 31.1 Å². The van der Waals surface area contributed by atoms with E-state index in [2.05, 4.69) is 35.8 Å². The maximum absolute atomic E-state index is 12.1. The number of anilines is 1. The normalized spacial score (nSPS) is 13.8. The largest absolute Gasteiger partial charge is 0.363 e. The Balaban J connectivity index is 1.71. The van der Waals surface area contributed by atoms with Crippen molar-refractivity contribution in [1.82, 2.24) is 14.8 Å². The van der Waals surface area contributed by atoms with Crippen molar-refractivity contribution in [3.63, 3.8) is 0 Å². The van der Waals surface area contributed by atoms with Gasteiger partial charge in [-0.05, 0) is 65.0 Å². The molecule has 0 spiro atoms. The Hall–Kier alpha value is -2.38. The zero-order valence-corrected chi connectivity index (χ0v) is 18.9. The lowest BCUT2D eigenvalue weighted by Crippen LogP contribution is -2.04. The molecule has 5 nitrogen and oxygen atoms in total. The zero-order chi connectivity index (χ0) is 20.8. The Morgan fingerprint density at radius 1 is 1.24 bits per heavy atom. The van der Waals surface area contributed by atoms with E-state index in [0.29, 0.717) is 6.54 Å². The Labute approximate surface area is 175 Å². The molecule has 3 heterocycles. The van der Waals surface area contributed by atoms with Crippen LogP contribution in [0, 0.1) is 13.8 Å². The van der Waals surface area contributed by atoms with Crippen LogP contribution >= 0.6 is 11.3 Å². The van der Waals surface area contributed by atoms with E-state index in [9.17, 15) is 4.21 Å². The number of thiophene rings is 1. The highest BCUT2D eigenvalue weighted by atomic mass is 32.2. The first-order valence-electron chi connectivity index (χ1n) is 9.70. The lowest BCUT2D eigenvalue weighted by Gasteiger charge is -2.07. The molecule has 29 heavy (non-hydrogen) atoms. The summed E-state index contributed by atoms with van der Waals surface area (Å²) < 4.78 is 15.3. The first-order chi connectivity index (χ1) is 13.8. The van der Waals surface area contributed by atoms with Gasteiger partial charge < -0.3 is 5.32 Å². The number of rotatable bonds is 6. The van der Waals surface area contributed by atoms with E-state index in [1.165, 1.54) is 16.5 Å². The molecule has 1 unspecified atom stereocenters. The fourth-order valence-corrected chi connectivity index (χ4v) is 5.58. The first kappa shape index (κ1) is 19.9. The third-order valence-electron chi connectivity index (χ3n) is 4.97. The summed E-state index contributed by atoms with van der Waals surface area (Å²) in [4.78, 5) is 6.60. The highest BCUT2D eigenvalue weighted by molar-refractivity contribution is 7.99. The number of fused-ring (bicyclic) bond motifs is 3. The first-order valence-corrected chi connectivity index (χ1v) is 12.7. The number of nitrogens with zero attached hydrogens (tertiary/aromatic N) is 3. The summed E-state index contributed by atoms with van der Waals surface area (Å²) in [7, 11) is -2.18. The second-order valence-corrected chi connectivity index (χ2v) is 11.1. The second kappa shape index (κ2) is 7.46. The van der Waals surface area contributed by atoms with Gasteiger partial charge in [-0.1, -0.05) is 19.1 Å². The number of hydrogen-bond acceptors (Lipinski definition) is 5. The molecule has 0 aliphatic heterocycles. The molecule has 0 bridgehead atoms. The molecule has 0 saturated carbocycles. The molecule has 3 aromatic heterocycles. The number of aromatic nitrogens is 3. The maximum Gasteiger partial charge on any atom is 0.166 e. The fraction of sp³-hybridized carbons (Fsp3) is 0.318. The topological polar surface area (TPSA) is 59.8 Å². The van der Waals surface area contributed by atoms with E-state index in [1.54, 1.807) is 17.6 Å². The molecule has 0 radical (unpaired) electrons. The van der Waals surface area contributed by atoms with E-state index < -0.39 is 9.52 Å². The zero-order valence-electron chi connectivity index (χ0n) is 17.3. The van der Waals surface area contributed by atoms with Crippen molar-refractivity contribution in [2.24, 2.45) is 0 Å². The van der Waals surface area contributed by atoms with E-state index >= 15 is 0 Å². The van der Waals surface area contributed by atoms with Crippen LogP contribution in [-0.2, 0) is 22.6 Å². The minimum atomic E-state index is -2.18. The Bertz CT molecular complexity index is 1300. The molecule has 0 fully saturated rings. The maximum atomic E-state index is 12.1. The molecule has 4 aromatic rings. The van der Waals surface area contributed by atoms with Crippen molar-refractivity contribution >= 4 is 53.0 Å². The molecule has 0 aliphatic carbocycles. The molecule has 0 saturated heterocycles. The van der Waals surface area contributed by atoms with Crippen molar-refractivity contribution < 1.29 is 4.21 Å². The standard InChI is InChI=1S/C22H26N4OS2/c1-6-11-26-19-18-14(2)12-15(3)24-22(18)28-20(19)21(25-26)23-13-16-7-9-17(10-8-16)29(4,5)27/h7-10,12H,4,6,11,13H2,1-3,5H3,(H,23,25). The molecule has 0 aliphatic rings. The Kier molecular flexibility index (Phi) is 5.12. The smallest absolute Gasteiger partial charge is 0.166 e. The summed E-state index contributed by atoms with van der Waals surface area (Å²) in [6.45, 7) is 7.88. The van der Waals surface area contributed by atoms with Gasteiger partial charge in [-0.25, -0.2) is 4.98 Å². The number of aryl methyl sites for hydroxylation is 3. The van der Waals surface area contributed by atoms with E-state index in [-0.39, 0.29) is 0 Å². The average Bonchev–Trinajstić information content (AvgIpc) is 3.17. The summed E-state index contributed by atoms with van der Waals surface area (Å²) in [5, 5.41) is 9.57. The summed E-state index contributed by atoms with van der Waals surface area (Å²) in [6.07, 6.45) is 2.69. The lowest BCUT2D eigenvalue weighted by atomic mass is 10.1. The van der Waals surface area contributed by atoms with Crippen LogP contribution in [0.2, 0.25) is 0 Å². The number of nitrogens with one attached hydrogen (secondary N) is 1. The Morgan fingerprint density at radius 2 is 1.97 bits per heavy atom. The van der Waals surface area contributed by atoms with Gasteiger partial charge in [0.1, 0.15) is 4.83 Å². The van der Waals surface area contributed by atoms with Gasteiger partial charge in [0.2, 0.25) is 0 Å². The minimum Gasteiger partial charge on any atom is -0.363 e. The van der Waals surface area contributed by atoms with Gasteiger partial charge in [-0.2, -0.15) is 5.10 Å². The minimum absolute atomic E-state index is 0.653. The van der Waals surface area contributed by atoms with Crippen LogP contribution in [0.3, 0.4) is 0 Å². The molecule has 1 aromatic carbocycles. The lowest BCUT2D eigenvalue weighted by molar-refractivity contribution is 0.625. The van der Waals surface area contributed by atoms with Crippen molar-refractivity contribution in [3.05, 3.63) is 47.2 Å². The van der Waals surface area contributed by atoms with Crippen LogP contribution in [0.4, 0.5) is 5.82 Å². The molecule has 1 N–H and O–H groups in total. The molecule has 1 atom stereocenters. The molecule has 7 heteroatoms.